The lowest BCUT2D eigenvalue weighted by atomic mass is 9.99. The zero-order chi connectivity index (χ0) is 15.6. The standard InChI is InChI=1S/C14H16N4O3/c1-14(2,8-12(15)19)17-10-5-6-11(18(20)21)13-9(10)4-3-7-16-13/h3-7,17H,8H2,1-2H3,(H2,15,19). The number of primary amides is 1. The molecule has 0 fully saturated rings. The van der Waals surface area contributed by atoms with Crippen LogP contribution in [-0.2, 0) is 4.79 Å². The van der Waals surface area contributed by atoms with Crippen LogP contribution in [0.2, 0.25) is 0 Å². The van der Waals surface area contributed by atoms with Crippen molar-refractivity contribution in [2.75, 3.05) is 5.32 Å². The highest BCUT2D eigenvalue weighted by atomic mass is 16.6. The molecule has 0 spiro atoms. The first kappa shape index (κ1) is 14.7. The Balaban J connectivity index is 2.49. The average Bonchev–Trinajstić information content (AvgIpc) is 2.36. The summed E-state index contributed by atoms with van der Waals surface area (Å²) in [5, 5.41) is 14.9. The fourth-order valence-electron chi connectivity index (χ4n) is 2.26. The largest absolute Gasteiger partial charge is 0.379 e. The van der Waals surface area contributed by atoms with Crippen LogP contribution in [0, 0.1) is 10.1 Å². The molecule has 2 rings (SSSR count). The fraction of sp³-hybridized carbons (Fsp3) is 0.286. The monoisotopic (exact) mass is 288 g/mol. The Bertz CT molecular complexity index is 712. The molecule has 0 saturated carbocycles. The number of benzene rings is 1. The van der Waals surface area contributed by atoms with Gasteiger partial charge >= 0.3 is 0 Å². The zero-order valence-corrected chi connectivity index (χ0v) is 11.8. The Labute approximate surface area is 121 Å². The van der Waals surface area contributed by atoms with E-state index in [9.17, 15) is 14.9 Å². The molecule has 0 bridgehead atoms. The lowest BCUT2D eigenvalue weighted by Crippen LogP contribution is -2.36. The van der Waals surface area contributed by atoms with Gasteiger partial charge in [0, 0.05) is 35.3 Å². The van der Waals surface area contributed by atoms with Crippen LogP contribution in [-0.4, -0.2) is 21.4 Å². The van der Waals surface area contributed by atoms with E-state index < -0.39 is 16.4 Å². The van der Waals surface area contributed by atoms with Gasteiger partial charge in [-0.1, -0.05) is 0 Å². The summed E-state index contributed by atoms with van der Waals surface area (Å²) in [6, 6.07) is 6.47. The van der Waals surface area contributed by atoms with E-state index >= 15 is 0 Å². The number of carbonyl (C=O) groups is 1. The average molecular weight is 288 g/mol. The molecule has 0 aliphatic rings. The minimum Gasteiger partial charge on any atom is -0.379 e. The fourth-order valence-corrected chi connectivity index (χ4v) is 2.26. The summed E-state index contributed by atoms with van der Waals surface area (Å²) in [7, 11) is 0. The van der Waals surface area contributed by atoms with E-state index in [-0.39, 0.29) is 12.1 Å². The van der Waals surface area contributed by atoms with Gasteiger partial charge in [-0.2, -0.15) is 0 Å². The van der Waals surface area contributed by atoms with Crippen molar-refractivity contribution in [2.24, 2.45) is 5.73 Å². The van der Waals surface area contributed by atoms with E-state index in [1.165, 1.54) is 12.3 Å². The molecule has 3 N–H and O–H groups in total. The van der Waals surface area contributed by atoms with Crippen LogP contribution in [0.5, 0.6) is 0 Å². The number of hydrogen-bond donors (Lipinski definition) is 2. The summed E-state index contributed by atoms with van der Waals surface area (Å²) < 4.78 is 0. The number of nitro benzene ring substituents is 1. The number of aromatic nitrogens is 1. The molecule has 7 nitrogen and oxygen atoms in total. The molecule has 0 saturated heterocycles. The van der Waals surface area contributed by atoms with Crippen LogP contribution >= 0.6 is 0 Å². The third-order valence-electron chi connectivity index (χ3n) is 3.03. The number of nitrogens with two attached hydrogens (primary N) is 1. The van der Waals surface area contributed by atoms with Gasteiger partial charge in [0.2, 0.25) is 5.91 Å². The van der Waals surface area contributed by atoms with Crippen LogP contribution in [0.3, 0.4) is 0 Å². The summed E-state index contributed by atoms with van der Waals surface area (Å²) in [6.07, 6.45) is 1.65. The van der Waals surface area contributed by atoms with E-state index in [2.05, 4.69) is 10.3 Å². The molecule has 0 radical (unpaired) electrons. The van der Waals surface area contributed by atoms with Crippen molar-refractivity contribution in [2.45, 2.75) is 25.8 Å². The van der Waals surface area contributed by atoms with Gasteiger partial charge in [0.1, 0.15) is 5.52 Å². The topological polar surface area (TPSA) is 111 Å². The van der Waals surface area contributed by atoms with Crippen LogP contribution in [0.4, 0.5) is 11.4 Å². The van der Waals surface area contributed by atoms with Crippen LogP contribution in [0.25, 0.3) is 10.9 Å². The van der Waals surface area contributed by atoms with Crippen molar-refractivity contribution < 1.29 is 9.72 Å². The van der Waals surface area contributed by atoms with Gasteiger partial charge in [0.25, 0.3) is 5.69 Å². The summed E-state index contributed by atoms with van der Waals surface area (Å²) in [5.74, 6) is -0.420. The highest BCUT2D eigenvalue weighted by molar-refractivity contribution is 5.97. The molecule has 7 heteroatoms. The van der Waals surface area contributed by atoms with Gasteiger partial charge in [0.15, 0.2) is 0 Å². The lowest BCUT2D eigenvalue weighted by Gasteiger charge is -2.26. The predicted octanol–water partition coefficient (Wildman–Crippen LogP) is 2.21. The number of carbonyl (C=O) groups excluding carboxylic acids is 1. The van der Waals surface area contributed by atoms with E-state index in [1.54, 1.807) is 18.2 Å². The van der Waals surface area contributed by atoms with Crippen LogP contribution in [0.1, 0.15) is 20.3 Å². The molecule has 0 atom stereocenters. The number of non-ortho nitro benzene ring substituents is 1. The van der Waals surface area contributed by atoms with Crippen molar-refractivity contribution in [1.82, 2.24) is 4.98 Å². The number of hydrogen-bond acceptors (Lipinski definition) is 5. The minimum absolute atomic E-state index is 0.0520. The Morgan fingerprint density at radius 1 is 1.43 bits per heavy atom. The molecule has 21 heavy (non-hydrogen) atoms. The molecule has 110 valence electrons. The smallest absolute Gasteiger partial charge is 0.295 e. The molecule has 1 aromatic heterocycles. The predicted molar refractivity (Wildman–Crippen MR) is 79.9 cm³/mol. The molecule has 2 aromatic rings. The van der Waals surface area contributed by atoms with Gasteiger partial charge in [0.05, 0.1) is 4.92 Å². The van der Waals surface area contributed by atoms with Gasteiger partial charge in [-0.15, -0.1) is 0 Å². The summed E-state index contributed by atoms with van der Waals surface area (Å²) in [6.45, 7) is 3.67. The van der Waals surface area contributed by atoms with Crippen molar-refractivity contribution in [3.05, 3.63) is 40.6 Å². The normalized spacial score (nSPS) is 11.3. The van der Waals surface area contributed by atoms with Gasteiger partial charge < -0.3 is 11.1 Å². The van der Waals surface area contributed by atoms with Crippen LogP contribution < -0.4 is 11.1 Å². The van der Waals surface area contributed by atoms with Crippen molar-refractivity contribution in [3.63, 3.8) is 0 Å². The lowest BCUT2D eigenvalue weighted by molar-refractivity contribution is -0.383. The first-order valence-corrected chi connectivity index (χ1v) is 6.39. The number of nitrogens with one attached hydrogen (secondary N) is 1. The van der Waals surface area contributed by atoms with E-state index in [0.717, 1.165) is 0 Å². The van der Waals surface area contributed by atoms with Crippen molar-refractivity contribution >= 4 is 28.2 Å². The SMILES string of the molecule is CC(C)(CC(N)=O)Nc1ccc([N+](=O)[O-])c2ncccc12. The second-order valence-corrected chi connectivity index (χ2v) is 5.44. The summed E-state index contributed by atoms with van der Waals surface area (Å²) in [4.78, 5) is 25.7. The van der Waals surface area contributed by atoms with Gasteiger partial charge in [-0.05, 0) is 32.0 Å². The first-order valence-electron chi connectivity index (χ1n) is 6.39. The molecule has 0 aliphatic carbocycles. The zero-order valence-electron chi connectivity index (χ0n) is 11.8. The molecule has 1 amide bonds. The van der Waals surface area contributed by atoms with Gasteiger partial charge in [-0.3, -0.25) is 14.9 Å². The Hall–Kier alpha value is -2.70. The maximum Gasteiger partial charge on any atom is 0.295 e. The van der Waals surface area contributed by atoms with E-state index in [4.69, 9.17) is 5.73 Å². The quantitative estimate of drug-likeness (QED) is 0.647. The highest BCUT2D eigenvalue weighted by Crippen LogP contribution is 2.31. The summed E-state index contributed by atoms with van der Waals surface area (Å²) >= 11 is 0. The number of nitrogens with zero attached hydrogens (tertiary/aromatic N) is 2. The van der Waals surface area contributed by atoms with E-state index in [0.29, 0.717) is 16.6 Å². The maximum atomic E-state index is 11.1. The third kappa shape index (κ3) is 3.25. The third-order valence-corrected chi connectivity index (χ3v) is 3.03. The number of amides is 1. The molecular formula is C14H16N4O3. The molecule has 0 aliphatic heterocycles. The van der Waals surface area contributed by atoms with Crippen molar-refractivity contribution in [3.8, 4) is 0 Å². The Morgan fingerprint density at radius 2 is 2.14 bits per heavy atom. The van der Waals surface area contributed by atoms with Crippen LogP contribution in [0.15, 0.2) is 30.5 Å². The number of rotatable bonds is 5. The molecular weight excluding hydrogens is 272 g/mol. The first-order chi connectivity index (χ1) is 9.80. The Morgan fingerprint density at radius 3 is 2.76 bits per heavy atom. The van der Waals surface area contributed by atoms with Crippen molar-refractivity contribution in [1.29, 1.82) is 0 Å². The Kier molecular flexibility index (Phi) is 3.75. The highest BCUT2D eigenvalue weighted by Gasteiger charge is 2.23. The maximum absolute atomic E-state index is 11.1. The summed E-state index contributed by atoms with van der Waals surface area (Å²) in [5.41, 5.74) is 5.60. The molecule has 0 unspecified atom stereocenters. The molecule has 1 aromatic carbocycles. The van der Waals surface area contributed by atoms with E-state index in [1.807, 2.05) is 13.8 Å². The number of nitro groups is 1. The number of anilines is 1. The minimum atomic E-state index is -0.565. The second kappa shape index (κ2) is 5.35. The van der Waals surface area contributed by atoms with Gasteiger partial charge in [-0.25, -0.2) is 4.98 Å². The molecule has 1 heterocycles. The number of fused-ring (bicyclic) bond motifs is 1. The number of pyridine rings is 1. The second-order valence-electron chi connectivity index (χ2n) is 5.44.